The van der Waals surface area contributed by atoms with Crippen molar-refractivity contribution in [3.8, 4) is 0 Å². The van der Waals surface area contributed by atoms with Gasteiger partial charge in [0.05, 0.1) is 19.0 Å². The Balaban J connectivity index is 4.26. The van der Waals surface area contributed by atoms with Crippen molar-refractivity contribution in [2.24, 2.45) is 0 Å². The number of nitrogens with one attached hydrogen (secondary N) is 1. The van der Waals surface area contributed by atoms with Crippen molar-refractivity contribution in [1.29, 1.82) is 0 Å². The summed E-state index contributed by atoms with van der Waals surface area (Å²) in [5.74, 6) is -1.76. The van der Waals surface area contributed by atoms with E-state index in [4.69, 9.17) is 10.2 Å². The van der Waals surface area contributed by atoms with Gasteiger partial charge >= 0.3 is 5.97 Å². The smallest absolute Gasteiger partial charge is 0.324 e. The van der Waals surface area contributed by atoms with E-state index >= 15 is 0 Å². The molecular formula is C6H13NO6S. The summed E-state index contributed by atoms with van der Waals surface area (Å²) >= 11 is 0. The van der Waals surface area contributed by atoms with Gasteiger partial charge in [-0.05, 0) is 0 Å². The molecule has 84 valence electrons. The number of sulfonamides is 1. The topological polar surface area (TPSA) is 113 Å². The van der Waals surface area contributed by atoms with Crippen LogP contribution in [0.3, 0.4) is 0 Å². The molecule has 0 radical (unpaired) electrons. The Morgan fingerprint density at radius 2 is 2.14 bits per heavy atom. The van der Waals surface area contributed by atoms with Gasteiger partial charge < -0.3 is 14.9 Å². The molecule has 1 atom stereocenters. The zero-order valence-corrected chi connectivity index (χ0v) is 8.45. The molecule has 0 saturated carbocycles. The van der Waals surface area contributed by atoms with Crippen LogP contribution in [0.25, 0.3) is 0 Å². The Hall–Kier alpha value is -0.700. The fourth-order valence-electron chi connectivity index (χ4n) is 0.634. The Kier molecular flexibility index (Phi) is 5.62. The lowest BCUT2D eigenvalue weighted by atomic mass is 10.3. The molecule has 0 rings (SSSR count). The molecule has 0 fully saturated rings. The number of ether oxygens (including phenoxy) is 1. The van der Waals surface area contributed by atoms with Gasteiger partial charge in [0.15, 0.2) is 0 Å². The molecule has 7 nitrogen and oxygen atoms in total. The number of carbonyl (C=O) groups is 1. The van der Waals surface area contributed by atoms with Crippen molar-refractivity contribution >= 4 is 16.0 Å². The molecular weight excluding hydrogens is 214 g/mol. The first-order valence-electron chi connectivity index (χ1n) is 3.75. The largest absolute Gasteiger partial charge is 0.480 e. The summed E-state index contributed by atoms with van der Waals surface area (Å²) in [6.45, 7) is -0.825. The maximum Gasteiger partial charge on any atom is 0.324 e. The fourth-order valence-corrected chi connectivity index (χ4v) is 1.75. The summed E-state index contributed by atoms with van der Waals surface area (Å²) in [6, 6.07) is -1.50. The van der Waals surface area contributed by atoms with Crippen LogP contribution in [-0.2, 0) is 19.6 Å². The Morgan fingerprint density at radius 1 is 1.57 bits per heavy atom. The number of hydrogen-bond acceptors (Lipinski definition) is 5. The van der Waals surface area contributed by atoms with Crippen molar-refractivity contribution in [1.82, 2.24) is 4.72 Å². The van der Waals surface area contributed by atoms with Crippen LogP contribution in [0.1, 0.15) is 0 Å². The van der Waals surface area contributed by atoms with E-state index in [2.05, 4.69) is 4.74 Å². The minimum Gasteiger partial charge on any atom is -0.480 e. The lowest BCUT2D eigenvalue weighted by Crippen LogP contribution is -2.44. The molecule has 0 unspecified atom stereocenters. The SMILES string of the molecule is COCCS(=O)(=O)N[C@H](CO)C(=O)O. The molecule has 3 N–H and O–H groups in total. The van der Waals surface area contributed by atoms with E-state index < -0.39 is 28.6 Å². The number of carboxylic acids is 1. The molecule has 0 aliphatic carbocycles. The van der Waals surface area contributed by atoms with Crippen LogP contribution >= 0.6 is 0 Å². The van der Waals surface area contributed by atoms with E-state index in [0.29, 0.717) is 0 Å². The zero-order valence-electron chi connectivity index (χ0n) is 7.63. The van der Waals surface area contributed by atoms with Crippen molar-refractivity contribution in [2.75, 3.05) is 26.1 Å². The average molecular weight is 227 g/mol. The molecule has 0 aromatic carbocycles. The van der Waals surface area contributed by atoms with Gasteiger partial charge in [0.1, 0.15) is 6.04 Å². The lowest BCUT2D eigenvalue weighted by Gasteiger charge is -2.11. The van der Waals surface area contributed by atoms with Crippen LogP contribution in [0.5, 0.6) is 0 Å². The minimum absolute atomic E-state index is 0.0346. The van der Waals surface area contributed by atoms with Crippen molar-refractivity contribution < 1.29 is 28.2 Å². The van der Waals surface area contributed by atoms with Gasteiger partial charge in [0.2, 0.25) is 10.0 Å². The highest BCUT2D eigenvalue weighted by Crippen LogP contribution is 1.90. The number of carboxylic acid groups (broad SMARTS) is 1. The van der Waals surface area contributed by atoms with Crippen LogP contribution in [0.2, 0.25) is 0 Å². The molecule has 0 heterocycles. The Morgan fingerprint density at radius 3 is 2.50 bits per heavy atom. The summed E-state index contributed by atoms with van der Waals surface area (Å²) in [5.41, 5.74) is 0. The van der Waals surface area contributed by atoms with Gasteiger partial charge in [0, 0.05) is 7.11 Å². The monoisotopic (exact) mass is 227 g/mol. The summed E-state index contributed by atoms with van der Waals surface area (Å²) in [6.07, 6.45) is 0. The first kappa shape index (κ1) is 13.3. The predicted octanol–water partition coefficient (Wildman–Crippen LogP) is -2.00. The third kappa shape index (κ3) is 5.12. The summed E-state index contributed by atoms with van der Waals surface area (Å²) < 4.78 is 28.5. The maximum absolute atomic E-state index is 11.1. The maximum atomic E-state index is 11.1. The van der Waals surface area contributed by atoms with Gasteiger partial charge in [-0.1, -0.05) is 0 Å². The lowest BCUT2D eigenvalue weighted by molar-refractivity contribution is -0.139. The van der Waals surface area contributed by atoms with Crippen LogP contribution in [0, 0.1) is 0 Å². The van der Waals surface area contributed by atoms with Crippen LogP contribution in [0.4, 0.5) is 0 Å². The number of hydrogen-bond donors (Lipinski definition) is 3. The second-order valence-electron chi connectivity index (χ2n) is 2.50. The highest BCUT2D eigenvalue weighted by atomic mass is 32.2. The van der Waals surface area contributed by atoms with E-state index in [0.717, 1.165) is 0 Å². The standard InChI is InChI=1S/C6H13NO6S/c1-13-2-3-14(11,12)7-5(4-8)6(9)10/h5,7-8H,2-4H2,1H3,(H,9,10)/t5-/m1/s1. The quantitative estimate of drug-likeness (QED) is 0.463. The van der Waals surface area contributed by atoms with E-state index in [9.17, 15) is 13.2 Å². The van der Waals surface area contributed by atoms with E-state index in [-0.39, 0.29) is 12.4 Å². The first-order valence-corrected chi connectivity index (χ1v) is 5.40. The van der Waals surface area contributed by atoms with Crippen LogP contribution < -0.4 is 4.72 Å². The fraction of sp³-hybridized carbons (Fsp3) is 0.833. The van der Waals surface area contributed by atoms with Crippen molar-refractivity contribution in [3.63, 3.8) is 0 Å². The number of methoxy groups -OCH3 is 1. The van der Waals surface area contributed by atoms with E-state index in [1.165, 1.54) is 7.11 Å². The number of rotatable bonds is 7. The van der Waals surface area contributed by atoms with E-state index in [1.54, 1.807) is 0 Å². The molecule has 0 spiro atoms. The van der Waals surface area contributed by atoms with Gasteiger partial charge in [-0.2, -0.15) is 4.72 Å². The Bertz CT molecular complexity index is 274. The summed E-state index contributed by atoms with van der Waals surface area (Å²) in [4.78, 5) is 10.4. The third-order valence-electron chi connectivity index (χ3n) is 1.36. The van der Waals surface area contributed by atoms with E-state index in [1.807, 2.05) is 4.72 Å². The molecule has 14 heavy (non-hydrogen) atoms. The summed E-state index contributed by atoms with van der Waals surface area (Å²) in [7, 11) is -2.39. The van der Waals surface area contributed by atoms with Gasteiger partial charge in [-0.3, -0.25) is 4.79 Å². The second-order valence-corrected chi connectivity index (χ2v) is 4.38. The van der Waals surface area contributed by atoms with Crippen LogP contribution in [-0.4, -0.2) is 56.7 Å². The highest BCUT2D eigenvalue weighted by molar-refractivity contribution is 7.89. The minimum atomic E-state index is -3.72. The van der Waals surface area contributed by atoms with Crippen LogP contribution in [0.15, 0.2) is 0 Å². The highest BCUT2D eigenvalue weighted by Gasteiger charge is 2.22. The zero-order chi connectivity index (χ0) is 11.2. The molecule has 0 aliphatic rings. The normalized spacial score (nSPS) is 13.9. The van der Waals surface area contributed by atoms with Crippen molar-refractivity contribution in [3.05, 3.63) is 0 Å². The molecule has 0 bridgehead atoms. The molecule has 0 amide bonds. The van der Waals surface area contributed by atoms with Crippen molar-refractivity contribution in [2.45, 2.75) is 6.04 Å². The van der Waals surface area contributed by atoms with Gasteiger partial charge in [-0.25, -0.2) is 8.42 Å². The number of aliphatic hydroxyl groups excluding tert-OH is 1. The second kappa shape index (κ2) is 5.91. The predicted molar refractivity (Wildman–Crippen MR) is 47.3 cm³/mol. The van der Waals surface area contributed by atoms with Gasteiger partial charge in [-0.15, -0.1) is 0 Å². The molecule has 0 aliphatic heterocycles. The molecule has 0 aromatic rings. The Labute approximate surface area is 81.7 Å². The summed E-state index contributed by atoms with van der Waals surface area (Å²) in [5, 5.41) is 17.0. The number of aliphatic hydroxyl groups is 1. The van der Waals surface area contributed by atoms with Gasteiger partial charge in [0.25, 0.3) is 0 Å². The molecule has 8 heteroatoms. The molecule has 0 saturated heterocycles. The average Bonchev–Trinajstić information content (AvgIpc) is 2.10. The first-order chi connectivity index (χ1) is 6.43. The molecule has 0 aromatic heterocycles. The number of aliphatic carboxylic acids is 1. The third-order valence-corrected chi connectivity index (χ3v) is 2.71.